The molecule has 0 radical (unpaired) electrons. The van der Waals surface area contributed by atoms with Crippen LogP contribution in [-0.4, -0.2) is 15.0 Å². The normalized spacial score (nSPS) is 11.4. The summed E-state index contributed by atoms with van der Waals surface area (Å²) in [4.78, 5) is 23.0. The highest BCUT2D eigenvalue weighted by Crippen LogP contribution is 2.20. The van der Waals surface area contributed by atoms with Gasteiger partial charge in [-0.2, -0.15) is 0 Å². The predicted molar refractivity (Wildman–Crippen MR) is 77.4 cm³/mol. The van der Waals surface area contributed by atoms with Crippen LogP contribution >= 0.6 is 0 Å². The summed E-state index contributed by atoms with van der Waals surface area (Å²) in [6, 6.07) is 5.45. The minimum atomic E-state index is 0.0194. The van der Waals surface area contributed by atoms with Crippen LogP contribution in [0.1, 0.15) is 32.0 Å². The van der Waals surface area contributed by atoms with Crippen molar-refractivity contribution in [2.45, 2.75) is 32.6 Å². The van der Waals surface area contributed by atoms with Gasteiger partial charge in [-0.3, -0.25) is 4.79 Å². The number of unbranched alkanes of at least 4 members (excludes halogenated alkanes) is 2. The van der Waals surface area contributed by atoms with E-state index in [0.29, 0.717) is 5.39 Å². The van der Waals surface area contributed by atoms with Crippen molar-refractivity contribution in [3.63, 3.8) is 0 Å². The van der Waals surface area contributed by atoms with Crippen molar-refractivity contribution in [2.75, 3.05) is 0 Å². The Balaban J connectivity index is 2.12. The zero-order valence-corrected chi connectivity index (χ0v) is 11.0. The molecule has 98 valence electrons. The Bertz CT molecular complexity index is 770. The highest BCUT2D eigenvalue weighted by Gasteiger charge is 2.09. The van der Waals surface area contributed by atoms with Crippen molar-refractivity contribution < 1.29 is 0 Å². The van der Waals surface area contributed by atoms with Crippen molar-refractivity contribution >= 4 is 21.9 Å². The quantitative estimate of drug-likeness (QED) is 0.703. The molecular formula is C15H17N3O. The van der Waals surface area contributed by atoms with Crippen molar-refractivity contribution in [3.8, 4) is 0 Å². The number of aromatic amines is 2. The maximum Gasteiger partial charge on any atom is 0.191 e. The van der Waals surface area contributed by atoms with Gasteiger partial charge in [-0.05, 0) is 18.6 Å². The highest BCUT2D eigenvalue weighted by atomic mass is 16.1. The number of rotatable bonds is 4. The van der Waals surface area contributed by atoms with E-state index in [1.807, 2.05) is 12.1 Å². The molecule has 0 aliphatic carbocycles. The second-order valence-corrected chi connectivity index (χ2v) is 4.87. The Morgan fingerprint density at radius 1 is 1.16 bits per heavy atom. The second-order valence-electron chi connectivity index (χ2n) is 4.87. The predicted octanol–water partition coefficient (Wildman–Crippen LogP) is 3.14. The molecule has 19 heavy (non-hydrogen) atoms. The van der Waals surface area contributed by atoms with E-state index in [9.17, 15) is 4.79 Å². The zero-order chi connectivity index (χ0) is 13.2. The number of H-pyrrole nitrogens is 2. The lowest BCUT2D eigenvalue weighted by atomic mass is 10.2. The van der Waals surface area contributed by atoms with Gasteiger partial charge in [0.15, 0.2) is 5.43 Å². The van der Waals surface area contributed by atoms with Crippen molar-refractivity contribution in [2.24, 2.45) is 0 Å². The third-order valence-electron chi connectivity index (χ3n) is 3.44. The summed E-state index contributed by atoms with van der Waals surface area (Å²) >= 11 is 0. The zero-order valence-electron chi connectivity index (χ0n) is 11.0. The second kappa shape index (κ2) is 4.88. The summed E-state index contributed by atoms with van der Waals surface area (Å²) in [5, 5.41) is 0.679. The molecule has 0 bridgehead atoms. The highest BCUT2D eigenvalue weighted by molar-refractivity contribution is 6.02. The molecule has 0 aliphatic heterocycles. The molecule has 4 nitrogen and oxygen atoms in total. The van der Waals surface area contributed by atoms with Crippen molar-refractivity contribution in [3.05, 3.63) is 40.4 Å². The fourth-order valence-electron chi connectivity index (χ4n) is 2.45. The molecule has 0 amide bonds. The van der Waals surface area contributed by atoms with Crippen LogP contribution < -0.4 is 5.43 Å². The maximum atomic E-state index is 12.0. The van der Waals surface area contributed by atoms with E-state index in [1.54, 1.807) is 12.3 Å². The smallest absolute Gasteiger partial charge is 0.191 e. The lowest BCUT2D eigenvalue weighted by Gasteiger charge is -1.96. The van der Waals surface area contributed by atoms with Crippen molar-refractivity contribution in [1.82, 2.24) is 15.0 Å². The van der Waals surface area contributed by atoms with Gasteiger partial charge in [-0.1, -0.05) is 19.8 Å². The number of hydrogen-bond donors (Lipinski definition) is 2. The summed E-state index contributed by atoms with van der Waals surface area (Å²) in [5.41, 5.74) is 2.58. The van der Waals surface area contributed by atoms with Crippen LogP contribution in [-0.2, 0) is 6.42 Å². The minimum absolute atomic E-state index is 0.0194. The molecule has 0 unspecified atom stereocenters. The van der Waals surface area contributed by atoms with Crippen LogP contribution in [0, 0.1) is 0 Å². The van der Waals surface area contributed by atoms with E-state index in [4.69, 9.17) is 0 Å². The third kappa shape index (κ3) is 2.14. The molecule has 0 saturated heterocycles. The van der Waals surface area contributed by atoms with E-state index >= 15 is 0 Å². The van der Waals surface area contributed by atoms with E-state index in [2.05, 4.69) is 21.9 Å². The number of aryl methyl sites for hydroxylation is 1. The van der Waals surface area contributed by atoms with Crippen LogP contribution in [0.15, 0.2) is 29.2 Å². The van der Waals surface area contributed by atoms with Crippen LogP contribution in [0.4, 0.5) is 0 Å². The first-order chi connectivity index (χ1) is 9.29. The van der Waals surface area contributed by atoms with Gasteiger partial charge in [0, 0.05) is 18.7 Å². The van der Waals surface area contributed by atoms with Gasteiger partial charge in [0.1, 0.15) is 11.3 Å². The first-order valence-corrected chi connectivity index (χ1v) is 6.78. The molecule has 0 spiro atoms. The molecule has 2 N–H and O–H groups in total. The van der Waals surface area contributed by atoms with Gasteiger partial charge in [0.2, 0.25) is 0 Å². The summed E-state index contributed by atoms with van der Waals surface area (Å²) in [6.45, 7) is 2.19. The third-order valence-corrected chi connectivity index (χ3v) is 3.44. The fraction of sp³-hybridized carbons (Fsp3) is 0.333. The minimum Gasteiger partial charge on any atom is -0.361 e. The average molecular weight is 255 g/mol. The summed E-state index contributed by atoms with van der Waals surface area (Å²) in [6.07, 6.45) is 6.14. The van der Waals surface area contributed by atoms with Crippen LogP contribution in [0.3, 0.4) is 0 Å². The molecule has 1 aromatic carbocycles. The molecule has 3 rings (SSSR count). The summed E-state index contributed by atoms with van der Waals surface area (Å²) in [7, 11) is 0. The Morgan fingerprint density at radius 3 is 2.84 bits per heavy atom. The molecule has 3 aromatic rings. The van der Waals surface area contributed by atoms with Gasteiger partial charge >= 0.3 is 0 Å². The van der Waals surface area contributed by atoms with Crippen molar-refractivity contribution in [1.29, 1.82) is 0 Å². The Kier molecular flexibility index (Phi) is 3.07. The number of fused-ring (bicyclic) bond motifs is 3. The largest absolute Gasteiger partial charge is 0.361 e. The number of nitrogens with zero attached hydrogens (tertiary/aromatic N) is 1. The number of imidazole rings is 1. The number of pyridine rings is 1. The van der Waals surface area contributed by atoms with E-state index in [0.717, 1.165) is 35.2 Å². The topological polar surface area (TPSA) is 61.5 Å². The van der Waals surface area contributed by atoms with E-state index < -0.39 is 0 Å². The lowest BCUT2D eigenvalue weighted by molar-refractivity contribution is 0.700. The molecule has 4 heteroatoms. The average Bonchev–Trinajstić information content (AvgIpc) is 2.82. The van der Waals surface area contributed by atoms with Gasteiger partial charge in [0.25, 0.3) is 0 Å². The molecule has 0 atom stereocenters. The van der Waals surface area contributed by atoms with Gasteiger partial charge < -0.3 is 9.97 Å². The van der Waals surface area contributed by atoms with Crippen LogP contribution in [0.2, 0.25) is 0 Å². The molecule has 0 saturated carbocycles. The number of aromatic nitrogens is 3. The molecule has 0 fully saturated rings. The number of benzene rings is 1. The first kappa shape index (κ1) is 12.0. The Hall–Kier alpha value is -2.10. The molecular weight excluding hydrogens is 238 g/mol. The molecule has 2 heterocycles. The van der Waals surface area contributed by atoms with E-state index in [1.165, 1.54) is 12.8 Å². The lowest BCUT2D eigenvalue weighted by Crippen LogP contribution is -2.00. The van der Waals surface area contributed by atoms with Crippen LogP contribution in [0.25, 0.3) is 21.9 Å². The summed E-state index contributed by atoms with van der Waals surface area (Å²) < 4.78 is 0. The van der Waals surface area contributed by atoms with Gasteiger partial charge in [-0.25, -0.2) is 4.98 Å². The molecule has 0 aliphatic rings. The van der Waals surface area contributed by atoms with Crippen LogP contribution in [0.5, 0.6) is 0 Å². The monoisotopic (exact) mass is 255 g/mol. The summed E-state index contributed by atoms with van der Waals surface area (Å²) in [5.74, 6) is 0.971. The SMILES string of the molecule is CCCCCc1nc2c(ccc3[nH]ccc(=O)c32)[nH]1. The first-order valence-electron chi connectivity index (χ1n) is 6.78. The fourth-order valence-corrected chi connectivity index (χ4v) is 2.45. The molecule has 2 aromatic heterocycles. The Morgan fingerprint density at radius 2 is 2.00 bits per heavy atom. The maximum absolute atomic E-state index is 12.0. The van der Waals surface area contributed by atoms with Gasteiger partial charge in [-0.15, -0.1) is 0 Å². The number of nitrogens with one attached hydrogen (secondary N) is 2. The number of hydrogen-bond acceptors (Lipinski definition) is 2. The Labute approximate surface area is 110 Å². The standard InChI is InChI=1S/C15H17N3O/c1-2-3-4-5-13-17-11-7-6-10-14(15(11)18-13)12(19)8-9-16-10/h6-9H,2-5H2,1H3,(H,16,19)(H,17,18). The van der Waals surface area contributed by atoms with E-state index in [-0.39, 0.29) is 5.43 Å². The van der Waals surface area contributed by atoms with Gasteiger partial charge in [0.05, 0.1) is 16.4 Å².